The zero-order chi connectivity index (χ0) is 12.6. The third-order valence-corrected chi connectivity index (χ3v) is 1.60. The quantitative estimate of drug-likeness (QED) is 0.623. The predicted molar refractivity (Wildman–Crippen MR) is 60.7 cm³/mol. The number of hydrogen-bond donors (Lipinski definition) is 0. The minimum absolute atomic E-state index is 0.610. The largest absolute Gasteiger partial charge is 0.416 e. The molecular formula is C13H13F3. The molecule has 0 aliphatic rings. The number of allylic oxidation sites excluding steroid dienone is 1. The second-order valence-electron chi connectivity index (χ2n) is 2.91. The number of terminal acetylenes is 1. The highest BCUT2D eigenvalue weighted by Crippen LogP contribution is 2.29. The maximum atomic E-state index is 12.1. The third-order valence-electron chi connectivity index (χ3n) is 1.60. The summed E-state index contributed by atoms with van der Waals surface area (Å²) in [6, 6.07) is 5.05. The molecule has 0 fully saturated rings. The van der Waals surface area contributed by atoms with Crippen LogP contribution >= 0.6 is 0 Å². The molecule has 0 N–H and O–H groups in total. The molecule has 0 saturated heterocycles. The van der Waals surface area contributed by atoms with Crippen molar-refractivity contribution < 1.29 is 13.2 Å². The average Bonchev–Trinajstić information content (AvgIpc) is 2.19. The van der Waals surface area contributed by atoms with Gasteiger partial charge in [0.25, 0.3) is 0 Å². The number of halogens is 3. The molecule has 1 aromatic carbocycles. The van der Waals surface area contributed by atoms with Crippen molar-refractivity contribution in [2.45, 2.75) is 20.0 Å². The number of benzene rings is 1. The number of hydrogen-bond acceptors (Lipinski definition) is 0. The smallest absolute Gasteiger partial charge is 0.166 e. The van der Waals surface area contributed by atoms with Crippen LogP contribution in [0.2, 0.25) is 0 Å². The molecule has 0 amide bonds. The highest BCUT2D eigenvalue weighted by atomic mass is 19.4. The van der Waals surface area contributed by atoms with E-state index in [9.17, 15) is 13.2 Å². The molecule has 86 valence electrons. The van der Waals surface area contributed by atoms with Crippen molar-refractivity contribution in [3.63, 3.8) is 0 Å². The van der Waals surface area contributed by atoms with Crippen molar-refractivity contribution in [2.24, 2.45) is 0 Å². The maximum absolute atomic E-state index is 12.1. The molecule has 0 heterocycles. The summed E-state index contributed by atoms with van der Waals surface area (Å²) in [6.45, 7) is 3.47. The molecule has 0 bridgehead atoms. The fourth-order valence-electron chi connectivity index (χ4n) is 0.976. The molecule has 0 aromatic heterocycles. The summed E-state index contributed by atoms with van der Waals surface area (Å²) in [7, 11) is 0. The molecule has 16 heavy (non-hydrogen) atoms. The van der Waals surface area contributed by atoms with Crippen LogP contribution in [0, 0.1) is 12.3 Å². The van der Waals surface area contributed by atoms with Crippen molar-refractivity contribution in [1.29, 1.82) is 0 Å². The van der Waals surface area contributed by atoms with Crippen LogP contribution in [-0.4, -0.2) is 0 Å². The van der Waals surface area contributed by atoms with Gasteiger partial charge in [-0.15, -0.1) is 12.3 Å². The first kappa shape index (κ1) is 14.3. The predicted octanol–water partition coefficient (Wildman–Crippen LogP) is 4.38. The average molecular weight is 226 g/mol. The van der Waals surface area contributed by atoms with Crippen molar-refractivity contribution in [3.05, 3.63) is 41.5 Å². The highest BCUT2D eigenvalue weighted by molar-refractivity contribution is 5.49. The van der Waals surface area contributed by atoms with E-state index in [4.69, 9.17) is 0 Å². The van der Waals surface area contributed by atoms with Crippen LogP contribution in [0.1, 0.15) is 25.0 Å². The first-order valence-corrected chi connectivity index (χ1v) is 4.63. The summed E-state index contributed by atoms with van der Waals surface area (Å²) in [5.41, 5.74) is 0.163. The Hall–Kier alpha value is -1.69. The lowest BCUT2D eigenvalue weighted by atomic mass is 10.1. The lowest BCUT2D eigenvalue weighted by molar-refractivity contribution is -0.137. The van der Waals surface area contributed by atoms with Gasteiger partial charge in [-0.25, -0.2) is 0 Å². The molecule has 0 spiro atoms. The molecule has 0 aliphatic heterocycles. The Labute approximate surface area is 93.8 Å². The minimum Gasteiger partial charge on any atom is -0.166 e. The summed E-state index contributed by atoms with van der Waals surface area (Å²) >= 11 is 0. The summed E-state index contributed by atoms with van der Waals surface area (Å²) in [4.78, 5) is 0. The molecule has 0 atom stereocenters. The van der Waals surface area contributed by atoms with E-state index < -0.39 is 11.7 Å². The lowest BCUT2D eigenvalue weighted by Crippen LogP contribution is -2.03. The minimum atomic E-state index is -4.24. The SMILES string of the molecule is C#CC.C/C=C/c1ccc(C(F)(F)F)cc1. The fourth-order valence-corrected chi connectivity index (χ4v) is 0.976. The molecule has 0 saturated carbocycles. The van der Waals surface area contributed by atoms with Gasteiger partial charge < -0.3 is 0 Å². The highest BCUT2D eigenvalue weighted by Gasteiger charge is 2.29. The Bertz CT molecular complexity index is 364. The van der Waals surface area contributed by atoms with Gasteiger partial charge in [0, 0.05) is 0 Å². The number of rotatable bonds is 1. The van der Waals surface area contributed by atoms with E-state index in [0.29, 0.717) is 0 Å². The van der Waals surface area contributed by atoms with Crippen LogP contribution in [0.5, 0.6) is 0 Å². The lowest BCUT2D eigenvalue weighted by Gasteiger charge is -2.05. The van der Waals surface area contributed by atoms with Crippen LogP contribution in [-0.2, 0) is 6.18 Å². The molecule has 0 unspecified atom stereocenters. The normalized spacial score (nSPS) is 10.5. The summed E-state index contributed by atoms with van der Waals surface area (Å²) in [5.74, 6) is 2.25. The number of alkyl halides is 3. The Morgan fingerprint density at radius 1 is 1.19 bits per heavy atom. The van der Waals surface area contributed by atoms with E-state index in [-0.39, 0.29) is 0 Å². The molecule has 0 nitrogen and oxygen atoms in total. The Kier molecular flexibility index (Phi) is 6.02. The van der Waals surface area contributed by atoms with E-state index in [2.05, 4.69) is 12.3 Å². The molecule has 0 aliphatic carbocycles. The van der Waals surface area contributed by atoms with Gasteiger partial charge in [0.1, 0.15) is 0 Å². The van der Waals surface area contributed by atoms with Crippen molar-refractivity contribution in [3.8, 4) is 12.3 Å². The standard InChI is InChI=1S/C10H9F3.C3H4/c1-2-3-8-4-6-9(7-5-8)10(11,12)13;1-3-2/h2-7H,1H3;1H,2H3/b3-2+;. The summed E-state index contributed by atoms with van der Waals surface area (Å²) in [6.07, 6.45) is 3.89. The van der Waals surface area contributed by atoms with Gasteiger partial charge >= 0.3 is 6.18 Å². The van der Waals surface area contributed by atoms with Gasteiger partial charge in [-0.3, -0.25) is 0 Å². The van der Waals surface area contributed by atoms with Gasteiger partial charge in [0.15, 0.2) is 0 Å². The van der Waals surface area contributed by atoms with Crippen LogP contribution < -0.4 is 0 Å². The van der Waals surface area contributed by atoms with E-state index in [1.807, 2.05) is 6.92 Å². The van der Waals surface area contributed by atoms with Gasteiger partial charge in [0.05, 0.1) is 5.56 Å². The zero-order valence-corrected chi connectivity index (χ0v) is 9.18. The van der Waals surface area contributed by atoms with E-state index in [1.165, 1.54) is 12.1 Å². The third kappa shape index (κ3) is 5.26. The summed E-state index contributed by atoms with van der Waals surface area (Å²) < 4.78 is 36.3. The van der Waals surface area contributed by atoms with Crippen LogP contribution in [0.15, 0.2) is 30.3 Å². The van der Waals surface area contributed by atoms with Gasteiger partial charge in [-0.05, 0) is 31.5 Å². The van der Waals surface area contributed by atoms with Crippen LogP contribution in [0.25, 0.3) is 6.08 Å². The molecule has 1 rings (SSSR count). The topological polar surface area (TPSA) is 0 Å². The second kappa shape index (κ2) is 6.73. The Balaban J connectivity index is 0.000000673. The second-order valence-corrected chi connectivity index (χ2v) is 2.91. The first-order chi connectivity index (χ1) is 7.45. The van der Waals surface area contributed by atoms with Gasteiger partial charge in [-0.1, -0.05) is 24.3 Å². The molecular weight excluding hydrogens is 213 g/mol. The van der Waals surface area contributed by atoms with E-state index >= 15 is 0 Å². The van der Waals surface area contributed by atoms with Crippen molar-refractivity contribution in [1.82, 2.24) is 0 Å². The molecule has 1 aromatic rings. The first-order valence-electron chi connectivity index (χ1n) is 4.63. The molecule has 3 heteroatoms. The van der Waals surface area contributed by atoms with Gasteiger partial charge in [0.2, 0.25) is 0 Å². The summed E-state index contributed by atoms with van der Waals surface area (Å²) in [5, 5.41) is 0. The fraction of sp³-hybridized carbons (Fsp3) is 0.231. The molecule has 0 radical (unpaired) electrons. The van der Waals surface area contributed by atoms with Crippen molar-refractivity contribution >= 4 is 6.08 Å². The van der Waals surface area contributed by atoms with E-state index in [0.717, 1.165) is 17.7 Å². The van der Waals surface area contributed by atoms with Crippen LogP contribution in [0.4, 0.5) is 13.2 Å². The Morgan fingerprint density at radius 2 is 1.62 bits per heavy atom. The maximum Gasteiger partial charge on any atom is 0.416 e. The monoisotopic (exact) mass is 226 g/mol. The van der Waals surface area contributed by atoms with Crippen molar-refractivity contribution in [2.75, 3.05) is 0 Å². The van der Waals surface area contributed by atoms with E-state index in [1.54, 1.807) is 19.1 Å². The van der Waals surface area contributed by atoms with Gasteiger partial charge in [-0.2, -0.15) is 13.2 Å². The van der Waals surface area contributed by atoms with Crippen LogP contribution in [0.3, 0.4) is 0 Å². The Morgan fingerprint density at radius 3 is 1.94 bits per heavy atom. The zero-order valence-electron chi connectivity index (χ0n) is 9.18.